The minimum absolute atomic E-state index is 0.187. The summed E-state index contributed by atoms with van der Waals surface area (Å²) in [7, 11) is 0. The summed E-state index contributed by atoms with van der Waals surface area (Å²) in [6.07, 6.45) is 1.70. The average molecular weight is 425 g/mol. The smallest absolute Gasteiger partial charge is 0.280 e. The van der Waals surface area contributed by atoms with E-state index in [-0.39, 0.29) is 5.91 Å². The van der Waals surface area contributed by atoms with Crippen LogP contribution in [0.2, 0.25) is 10.0 Å². The van der Waals surface area contributed by atoms with Gasteiger partial charge in [-0.3, -0.25) is 4.79 Å². The van der Waals surface area contributed by atoms with Crippen LogP contribution in [0.15, 0.2) is 63.6 Å². The third kappa shape index (κ3) is 3.74. The van der Waals surface area contributed by atoms with Crippen LogP contribution in [0.4, 0.5) is 5.69 Å². The number of nitrogens with zero attached hydrogens (tertiary/aromatic N) is 2. The average Bonchev–Trinajstić information content (AvgIpc) is 3.24. The van der Waals surface area contributed by atoms with Crippen LogP contribution in [-0.2, 0) is 4.79 Å². The van der Waals surface area contributed by atoms with Gasteiger partial charge in [0.2, 0.25) is 0 Å². The molecule has 1 aromatic heterocycles. The van der Waals surface area contributed by atoms with E-state index >= 15 is 0 Å². The van der Waals surface area contributed by atoms with Crippen LogP contribution in [0, 0.1) is 13.8 Å². The molecule has 1 amide bonds. The molecule has 0 unspecified atom stereocenters. The first-order valence-corrected chi connectivity index (χ1v) is 9.83. The van der Waals surface area contributed by atoms with E-state index in [0.717, 1.165) is 16.8 Å². The molecule has 0 saturated carbocycles. The molecule has 0 fully saturated rings. The molecule has 146 valence electrons. The van der Waals surface area contributed by atoms with E-state index in [2.05, 4.69) is 5.10 Å². The highest BCUT2D eigenvalue weighted by molar-refractivity contribution is 6.36. The van der Waals surface area contributed by atoms with Crippen molar-refractivity contribution in [3.63, 3.8) is 0 Å². The summed E-state index contributed by atoms with van der Waals surface area (Å²) in [5.41, 5.74) is 4.88. The maximum Gasteiger partial charge on any atom is 0.280 e. The summed E-state index contributed by atoms with van der Waals surface area (Å²) in [6, 6.07) is 14.7. The molecule has 0 N–H and O–H groups in total. The number of furan rings is 1. The summed E-state index contributed by atoms with van der Waals surface area (Å²) in [5, 5.41) is 6.92. The van der Waals surface area contributed by atoms with Gasteiger partial charge in [-0.05, 0) is 80.4 Å². The number of rotatable bonds is 3. The second kappa shape index (κ2) is 7.54. The lowest BCUT2D eigenvalue weighted by Crippen LogP contribution is -2.21. The van der Waals surface area contributed by atoms with Gasteiger partial charge in [0.25, 0.3) is 5.91 Å². The molecule has 4 rings (SSSR count). The SMILES string of the molecule is CC1=NN(c2ccc(C)c(C)c2)C(=O)/C1=C\c1ccc(-c2ccc(Cl)cc2Cl)o1. The number of anilines is 1. The Hall–Kier alpha value is -2.82. The Morgan fingerprint density at radius 3 is 2.48 bits per heavy atom. The number of amides is 1. The molecule has 0 saturated heterocycles. The zero-order chi connectivity index (χ0) is 20.7. The van der Waals surface area contributed by atoms with E-state index in [1.54, 1.807) is 30.3 Å². The van der Waals surface area contributed by atoms with Gasteiger partial charge < -0.3 is 4.42 Å². The molecule has 0 spiro atoms. The van der Waals surface area contributed by atoms with E-state index in [0.29, 0.717) is 32.9 Å². The molecule has 29 heavy (non-hydrogen) atoms. The molecule has 1 aliphatic heterocycles. The molecular weight excluding hydrogens is 407 g/mol. The van der Waals surface area contributed by atoms with Crippen molar-refractivity contribution >= 4 is 46.6 Å². The number of carbonyl (C=O) groups is 1. The number of hydrazone groups is 1. The lowest BCUT2D eigenvalue weighted by atomic mass is 10.1. The number of carbonyl (C=O) groups excluding carboxylic acids is 1. The van der Waals surface area contributed by atoms with Crippen LogP contribution in [0.5, 0.6) is 0 Å². The Bertz CT molecular complexity index is 1190. The van der Waals surface area contributed by atoms with Gasteiger partial charge in [-0.25, -0.2) is 0 Å². The first-order valence-electron chi connectivity index (χ1n) is 9.08. The van der Waals surface area contributed by atoms with Gasteiger partial charge in [0.1, 0.15) is 11.5 Å². The maximum atomic E-state index is 13.0. The maximum absolute atomic E-state index is 13.0. The van der Waals surface area contributed by atoms with E-state index in [1.165, 1.54) is 10.6 Å². The van der Waals surface area contributed by atoms with Crippen molar-refractivity contribution in [2.24, 2.45) is 5.10 Å². The van der Waals surface area contributed by atoms with Crippen molar-refractivity contribution in [3.05, 3.63) is 81.0 Å². The van der Waals surface area contributed by atoms with Crippen LogP contribution in [-0.4, -0.2) is 11.6 Å². The summed E-state index contributed by atoms with van der Waals surface area (Å²) in [5.74, 6) is 0.962. The molecule has 2 aromatic carbocycles. The minimum Gasteiger partial charge on any atom is -0.457 e. The van der Waals surface area contributed by atoms with Crippen molar-refractivity contribution in [1.82, 2.24) is 0 Å². The molecule has 0 radical (unpaired) electrons. The van der Waals surface area contributed by atoms with Gasteiger partial charge in [-0.15, -0.1) is 0 Å². The summed E-state index contributed by atoms with van der Waals surface area (Å²) in [6.45, 7) is 5.86. The fraction of sp³-hybridized carbons (Fsp3) is 0.130. The first-order chi connectivity index (χ1) is 13.8. The second-order valence-electron chi connectivity index (χ2n) is 6.96. The van der Waals surface area contributed by atoms with Crippen molar-refractivity contribution in [2.75, 3.05) is 5.01 Å². The molecule has 3 aromatic rings. The van der Waals surface area contributed by atoms with Crippen molar-refractivity contribution in [2.45, 2.75) is 20.8 Å². The van der Waals surface area contributed by atoms with Crippen molar-refractivity contribution in [3.8, 4) is 11.3 Å². The molecule has 0 bridgehead atoms. The Balaban J connectivity index is 1.64. The topological polar surface area (TPSA) is 45.8 Å². The highest BCUT2D eigenvalue weighted by Gasteiger charge is 2.29. The highest BCUT2D eigenvalue weighted by atomic mass is 35.5. The second-order valence-corrected chi connectivity index (χ2v) is 7.80. The van der Waals surface area contributed by atoms with Gasteiger partial charge >= 0.3 is 0 Å². The normalized spacial score (nSPS) is 15.3. The summed E-state index contributed by atoms with van der Waals surface area (Å²) >= 11 is 12.2. The van der Waals surface area contributed by atoms with E-state index in [4.69, 9.17) is 27.6 Å². The van der Waals surface area contributed by atoms with Gasteiger partial charge in [0.15, 0.2) is 0 Å². The Morgan fingerprint density at radius 1 is 0.966 bits per heavy atom. The lowest BCUT2D eigenvalue weighted by molar-refractivity contribution is -0.114. The predicted molar refractivity (Wildman–Crippen MR) is 119 cm³/mol. The number of benzene rings is 2. The molecule has 1 aliphatic rings. The predicted octanol–water partition coefficient (Wildman–Crippen LogP) is 6.68. The molecule has 6 heteroatoms. The molecule has 0 atom stereocenters. The molecular formula is C23H18Cl2N2O2. The summed E-state index contributed by atoms with van der Waals surface area (Å²) < 4.78 is 5.90. The number of aryl methyl sites for hydroxylation is 2. The van der Waals surface area contributed by atoms with E-state index < -0.39 is 0 Å². The fourth-order valence-electron chi connectivity index (χ4n) is 3.12. The third-order valence-corrected chi connectivity index (χ3v) is 5.46. The van der Waals surface area contributed by atoms with Crippen LogP contribution in [0.25, 0.3) is 17.4 Å². The number of hydrogen-bond acceptors (Lipinski definition) is 3. The van der Waals surface area contributed by atoms with Crippen LogP contribution < -0.4 is 5.01 Å². The largest absolute Gasteiger partial charge is 0.457 e. The quantitative estimate of drug-likeness (QED) is 0.440. The standard InChI is InChI=1S/C23H18Cl2N2O2/c1-13-4-6-17(10-14(13)2)27-23(28)20(15(3)26-27)12-18-7-9-22(29-18)19-8-5-16(24)11-21(19)25/h4-12H,1-3H3/b20-12-. The summed E-state index contributed by atoms with van der Waals surface area (Å²) in [4.78, 5) is 13.0. The first kappa shape index (κ1) is 19.5. The van der Waals surface area contributed by atoms with Gasteiger partial charge in [-0.2, -0.15) is 10.1 Å². The number of hydrogen-bond donors (Lipinski definition) is 0. The van der Waals surface area contributed by atoms with Gasteiger partial charge in [0.05, 0.1) is 22.0 Å². The van der Waals surface area contributed by atoms with Crippen molar-refractivity contribution < 1.29 is 9.21 Å². The zero-order valence-electron chi connectivity index (χ0n) is 16.2. The highest BCUT2D eigenvalue weighted by Crippen LogP contribution is 2.33. The zero-order valence-corrected chi connectivity index (χ0v) is 17.7. The van der Waals surface area contributed by atoms with E-state index in [1.807, 2.05) is 45.0 Å². The van der Waals surface area contributed by atoms with Crippen LogP contribution in [0.3, 0.4) is 0 Å². The minimum atomic E-state index is -0.187. The van der Waals surface area contributed by atoms with Crippen LogP contribution in [0.1, 0.15) is 23.8 Å². The van der Waals surface area contributed by atoms with Gasteiger partial charge in [0, 0.05) is 10.6 Å². The van der Waals surface area contributed by atoms with Crippen LogP contribution >= 0.6 is 23.2 Å². The fourth-order valence-corrected chi connectivity index (χ4v) is 3.62. The Morgan fingerprint density at radius 2 is 1.76 bits per heavy atom. The molecule has 0 aliphatic carbocycles. The molecule has 4 nitrogen and oxygen atoms in total. The van der Waals surface area contributed by atoms with E-state index in [9.17, 15) is 4.79 Å². The molecule has 2 heterocycles. The number of halogens is 2. The van der Waals surface area contributed by atoms with Crippen molar-refractivity contribution in [1.29, 1.82) is 0 Å². The monoisotopic (exact) mass is 424 g/mol. The third-order valence-electron chi connectivity index (χ3n) is 4.91. The van der Waals surface area contributed by atoms with Gasteiger partial charge in [-0.1, -0.05) is 29.3 Å². The Labute approximate surface area is 179 Å². The Kier molecular flexibility index (Phi) is 5.07. The lowest BCUT2D eigenvalue weighted by Gasteiger charge is -2.13.